The predicted octanol–water partition coefficient (Wildman–Crippen LogP) is 2.48. The molecular formula is C17H20FNO2. The van der Waals surface area contributed by atoms with Gasteiger partial charge < -0.3 is 10.4 Å². The number of rotatable bonds is 4. The second-order valence-electron chi connectivity index (χ2n) is 5.33. The minimum Gasteiger partial charge on any atom is -0.395 e. The summed E-state index contributed by atoms with van der Waals surface area (Å²) < 4.78 is 13.4. The van der Waals surface area contributed by atoms with Crippen LogP contribution < -0.4 is 5.32 Å². The standard InChI is InChI=1S/C17H20FNO2/c18-15-9-8-14(7-3-4-10-20)16(11-15)17(21)19-12-13-5-1-2-6-13/h8-9,11,13,20H,1-2,4-6,10,12H2,(H,19,21). The van der Waals surface area contributed by atoms with E-state index in [0.29, 0.717) is 24.4 Å². The molecule has 0 atom stereocenters. The summed E-state index contributed by atoms with van der Waals surface area (Å²) in [6, 6.07) is 4.01. The van der Waals surface area contributed by atoms with Crippen molar-refractivity contribution in [1.29, 1.82) is 0 Å². The number of carbonyl (C=O) groups is 1. The second-order valence-corrected chi connectivity index (χ2v) is 5.33. The van der Waals surface area contributed by atoms with E-state index >= 15 is 0 Å². The molecule has 0 radical (unpaired) electrons. The van der Waals surface area contributed by atoms with Gasteiger partial charge in [0.2, 0.25) is 0 Å². The molecule has 1 aromatic carbocycles. The molecule has 0 heterocycles. The molecular weight excluding hydrogens is 269 g/mol. The highest BCUT2D eigenvalue weighted by molar-refractivity contribution is 5.96. The molecule has 4 heteroatoms. The van der Waals surface area contributed by atoms with Gasteiger partial charge in [-0.1, -0.05) is 24.7 Å². The van der Waals surface area contributed by atoms with Crippen molar-refractivity contribution in [2.75, 3.05) is 13.2 Å². The lowest BCUT2D eigenvalue weighted by Gasteiger charge is -2.11. The molecule has 112 valence electrons. The Bertz CT molecular complexity index is 554. The number of amides is 1. The number of aliphatic hydroxyl groups excluding tert-OH is 1. The van der Waals surface area contributed by atoms with Crippen LogP contribution in [0.4, 0.5) is 4.39 Å². The van der Waals surface area contributed by atoms with Gasteiger partial charge in [0.25, 0.3) is 5.91 Å². The number of halogens is 1. The van der Waals surface area contributed by atoms with E-state index in [0.717, 1.165) is 12.8 Å². The molecule has 0 spiro atoms. The molecule has 1 aromatic rings. The van der Waals surface area contributed by atoms with Crippen molar-refractivity contribution in [3.05, 3.63) is 35.1 Å². The summed E-state index contributed by atoms with van der Waals surface area (Å²) in [4.78, 5) is 12.2. The van der Waals surface area contributed by atoms with E-state index in [1.165, 1.54) is 31.0 Å². The summed E-state index contributed by atoms with van der Waals surface area (Å²) in [7, 11) is 0. The Kier molecular flexibility index (Phi) is 5.77. The highest BCUT2D eigenvalue weighted by atomic mass is 19.1. The second kappa shape index (κ2) is 7.80. The minimum atomic E-state index is -0.450. The smallest absolute Gasteiger partial charge is 0.252 e. The van der Waals surface area contributed by atoms with Gasteiger partial charge in [0.1, 0.15) is 5.82 Å². The highest BCUT2D eigenvalue weighted by Crippen LogP contribution is 2.23. The average molecular weight is 289 g/mol. The number of carbonyl (C=O) groups excluding carboxylic acids is 1. The number of nitrogens with one attached hydrogen (secondary N) is 1. The monoisotopic (exact) mass is 289 g/mol. The van der Waals surface area contributed by atoms with Crippen LogP contribution in [-0.4, -0.2) is 24.2 Å². The fraction of sp³-hybridized carbons (Fsp3) is 0.471. The zero-order chi connectivity index (χ0) is 15.1. The first kappa shape index (κ1) is 15.5. The van der Waals surface area contributed by atoms with Crippen LogP contribution in [0.15, 0.2) is 18.2 Å². The molecule has 1 aliphatic carbocycles. The van der Waals surface area contributed by atoms with Crippen LogP contribution in [0.1, 0.15) is 48.0 Å². The molecule has 0 aliphatic heterocycles. The maximum absolute atomic E-state index is 13.4. The Hall–Kier alpha value is -1.86. The van der Waals surface area contributed by atoms with Crippen LogP contribution in [0.2, 0.25) is 0 Å². The van der Waals surface area contributed by atoms with E-state index < -0.39 is 5.82 Å². The first-order chi connectivity index (χ1) is 10.2. The van der Waals surface area contributed by atoms with Crippen molar-refractivity contribution in [3.63, 3.8) is 0 Å². The summed E-state index contributed by atoms with van der Waals surface area (Å²) in [5.74, 6) is 5.37. The lowest BCUT2D eigenvalue weighted by atomic mass is 10.1. The van der Waals surface area contributed by atoms with Gasteiger partial charge in [-0.25, -0.2) is 4.39 Å². The van der Waals surface area contributed by atoms with Crippen LogP contribution in [0.5, 0.6) is 0 Å². The third-order valence-corrected chi connectivity index (χ3v) is 3.71. The molecule has 21 heavy (non-hydrogen) atoms. The third kappa shape index (κ3) is 4.57. The van der Waals surface area contributed by atoms with Crippen LogP contribution in [0.25, 0.3) is 0 Å². The SMILES string of the molecule is O=C(NCC1CCCC1)c1cc(F)ccc1C#CCCO. The largest absolute Gasteiger partial charge is 0.395 e. The Morgan fingerprint density at radius 3 is 2.86 bits per heavy atom. The van der Waals surface area contributed by atoms with Crippen molar-refractivity contribution in [3.8, 4) is 11.8 Å². The molecule has 0 aromatic heterocycles. The van der Waals surface area contributed by atoms with Crippen molar-refractivity contribution >= 4 is 5.91 Å². The first-order valence-electron chi connectivity index (χ1n) is 7.38. The van der Waals surface area contributed by atoms with E-state index in [2.05, 4.69) is 17.2 Å². The highest BCUT2D eigenvalue weighted by Gasteiger charge is 2.17. The third-order valence-electron chi connectivity index (χ3n) is 3.71. The van der Waals surface area contributed by atoms with Gasteiger partial charge in [0, 0.05) is 18.5 Å². The Balaban J connectivity index is 2.07. The van der Waals surface area contributed by atoms with Gasteiger partial charge in [0.15, 0.2) is 0 Å². The van der Waals surface area contributed by atoms with E-state index in [9.17, 15) is 9.18 Å². The summed E-state index contributed by atoms with van der Waals surface area (Å²) in [6.45, 7) is 0.607. The molecule has 2 rings (SSSR count). The summed E-state index contributed by atoms with van der Waals surface area (Å²) >= 11 is 0. The first-order valence-corrected chi connectivity index (χ1v) is 7.38. The molecule has 0 unspecified atom stereocenters. The van der Waals surface area contributed by atoms with Gasteiger partial charge in [0.05, 0.1) is 12.2 Å². The summed E-state index contributed by atoms with van der Waals surface area (Å²) in [5.41, 5.74) is 0.757. The minimum absolute atomic E-state index is 0.0304. The summed E-state index contributed by atoms with van der Waals surface area (Å²) in [5, 5.41) is 11.6. The number of benzene rings is 1. The van der Waals surface area contributed by atoms with Crippen LogP contribution in [-0.2, 0) is 0 Å². The van der Waals surface area contributed by atoms with E-state index in [4.69, 9.17) is 5.11 Å². The van der Waals surface area contributed by atoms with Gasteiger partial charge in [-0.2, -0.15) is 0 Å². The van der Waals surface area contributed by atoms with Gasteiger partial charge >= 0.3 is 0 Å². The number of hydrogen-bond donors (Lipinski definition) is 2. The van der Waals surface area contributed by atoms with Gasteiger partial charge in [-0.15, -0.1) is 0 Å². The van der Waals surface area contributed by atoms with Gasteiger partial charge in [-0.05, 0) is 37.0 Å². The lowest BCUT2D eigenvalue weighted by molar-refractivity contribution is 0.0946. The van der Waals surface area contributed by atoms with Crippen molar-refractivity contribution in [2.24, 2.45) is 5.92 Å². The fourth-order valence-corrected chi connectivity index (χ4v) is 2.57. The molecule has 3 nitrogen and oxygen atoms in total. The maximum atomic E-state index is 13.4. The van der Waals surface area contributed by atoms with E-state index in [1.54, 1.807) is 0 Å². The van der Waals surface area contributed by atoms with Crippen molar-refractivity contribution < 1.29 is 14.3 Å². The normalized spacial score (nSPS) is 14.6. The van der Waals surface area contributed by atoms with Crippen LogP contribution in [0.3, 0.4) is 0 Å². The molecule has 1 amide bonds. The van der Waals surface area contributed by atoms with Gasteiger partial charge in [-0.3, -0.25) is 4.79 Å². The topological polar surface area (TPSA) is 49.3 Å². The predicted molar refractivity (Wildman–Crippen MR) is 79.3 cm³/mol. The molecule has 0 bridgehead atoms. The molecule has 0 saturated heterocycles. The van der Waals surface area contributed by atoms with Crippen molar-refractivity contribution in [2.45, 2.75) is 32.1 Å². The fourth-order valence-electron chi connectivity index (χ4n) is 2.57. The maximum Gasteiger partial charge on any atom is 0.252 e. The molecule has 1 aliphatic rings. The van der Waals surface area contributed by atoms with E-state index in [-0.39, 0.29) is 18.1 Å². The Morgan fingerprint density at radius 1 is 1.38 bits per heavy atom. The van der Waals surface area contributed by atoms with Crippen molar-refractivity contribution in [1.82, 2.24) is 5.32 Å². The Labute approximate surface area is 124 Å². The molecule has 1 saturated carbocycles. The van der Waals surface area contributed by atoms with Crippen LogP contribution in [0, 0.1) is 23.6 Å². The summed E-state index contributed by atoms with van der Waals surface area (Å²) in [6.07, 6.45) is 5.07. The number of hydrogen-bond acceptors (Lipinski definition) is 2. The van der Waals surface area contributed by atoms with Crippen LogP contribution >= 0.6 is 0 Å². The quantitative estimate of drug-likeness (QED) is 0.837. The lowest BCUT2D eigenvalue weighted by Crippen LogP contribution is -2.29. The molecule has 2 N–H and O–H groups in total. The Morgan fingerprint density at radius 2 is 2.14 bits per heavy atom. The zero-order valence-electron chi connectivity index (χ0n) is 12.0. The zero-order valence-corrected chi connectivity index (χ0v) is 12.0. The average Bonchev–Trinajstić information content (AvgIpc) is 3.00. The molecule has 1 fully saturated rings. The van der Waals surface area contributed by atoms with E-state index in [1.807, 2.05) is 0 Å². The number of aliphatic hydroxyl groups is 1.